The van der Waals surface area contributed by atoms with Crippen LogP contribution in [0.1, 0.15) is 49.6 Å². The summed E-state index contributed by atoms with van der Waals surface area (Å²) in [5.74, 6) is 1.37. The molecule has 1 heteroatoms. The molecule has 0 nitrogen and oxygen atoms in total. The molecule has 0 saturated heterocycles. The molecule has 0 unspecified atom stereocenters. The molecule has 0 radical (unpaired) electrons. The van der Waals surface area contributed by atoms with Crippen LogP contribution in [0.2, 0.25) is 0 Å². The summed E-state index contributed by atoms with van der Waals surface area (Å²) in [5, 5.41) is 2.34. The van der Waals surface area contributed by atoms with Gasteiger partial charge in [0, 0.05) is 4.88 Å². The lowest BCUT2D eigenvalue weighted by Crippen LogP contribution is -1.92. The summed E-state index contributed by atoms with van der Waals surface area (Å²) in [6, 6.07) is 0. The predicted molar refractivity (Wildman–Crippen MR) is 64.9 cm³/mol. The molecule has 14 heavy (non-hydrogen) atoms. The quantitative estimate of drug-likeness (QED) is 0.670. The van der Waals surface area contributed by atoms with Gasteiger partial charge in [-0.1, -0.05) is 39.3 Å². The Morgan fingerprint density at radius 2 is 1.86 bits per heavy atom. The number of hydrogen-bond acceptors (Lipinski definition) is 1. The maximum absolute atomic E-state index is 2.42. The zero-order chi connectivity index (χ0) is 10.3. The standard InChI is InChI=1S/C13H18S/c1-8(2)10-5-11-7-14-13(9(3)4)12(11)6-10/h6-9H,5H2,1-4H3. The minimum atomic E-state index is 0.673. The van der Waals surface area contributed by atoms with Gasteiger partial charge in [-0.3, -0.25) is 0 Å². The second kappa shape index (κ2) is 3.54. The van der Waals surface area contributed by atoms with Crippen LogP contribution in [0, 0.1) is 5.92 Å². The van der Waals surface area contributed by atoms with Crippen molar-refractivity contribution in [3.63, 3.8) is 0 Å². The molecular weight excluding hydrogens is 188 g/mol. The highest BCUT2D eigenvalue weighted by atomic mass is 32.1. The SMILES string of the molecule is CC(C)C1=Cc2c(csc2C(C)C)C1. The Labute approximate surface area is 90.7 Å². The molecule has 1 aliphatic rings. The van der Waals surface area contributed by atoms with Crippen molar-refractivity contribution in [2.45, 2.75) is 40.0 Å². The van der Waals surface area contributed by atoms with Gasteiger partial charge in [-0.2, -0.15) is 0 Å². The summed E-state index contributed by atoms with van der Waals surface area (Å²) < 4.78 is 0. The Bertz CT molecular complexity index is 367. The van der Waals surface area contributed by atoms with Crippen molar-refractivity contribution in [3.05, 3.63) is 27.0 Å². The summed E-state index contributed by atoms with van der Waals surface area (Å²) in [4.78, 5) is 1.57. The van der Waals surface area contributed by atoms with Crippen LogP contribution in [0.4, 0.5) is 0 Å². The fourth-order valence-electron chi connectivity index (χ4n) is 1.99. The lowest BCUT2D eigenvalue weighted by molar-refractivity contribution is 0.755. The van der Waals surface area contributed by atoms with Gasteiger partial charge in [0.05, 0.1) is 0 Å². The minimum absolute atomic E-state index is 0.673. The second-order valence-corrected chi connectivity index (χ2v) is 5.66. The van der Waals surface area contributed by atoms with Gasteiger partial charge in [0.2, 0.25) is 0 Å². The minimum Gasteiger partial charge on any atom is -0.148 e. The van der Waals surface area contributed by atoms with Crippen LogP contribution >= 0.6 is 11.3 Å². The average molecular weight is 206 g/mol. The zero-order valence-corrected chi connectivity index (χ0v) is 10.2. The first-order valence-corrected chi connectivity index (χ1v) is 6.28. The van der Waals surface area contributed by atoms with Crippen molar-refractivity contribution in [2.24, 2.45) is 5.92 Å². The van der Waals surface area contributed by atoms with E-state index in [9.17, 15) is 0 Å². The summed E-state index contributed by atoms with van der Waals surface area (Å²) >= 11 is 1.93. The van der Waals surface area contributed by atoms with Crippen LogP contribution in [0.3, 0.4) is 0 Å². The van der Waals surface area contributed by atoms with Crippen LogP contribution in [0.15, 0.2) is 11.0 Å². The molecule has 1 heterocycles. The number of fused-ring (bicyclic) bond motifs is 1. The van der Waals surface area contributed by atoms with Crippen LogP contribution in [0.25, 0.3) is 6.08 Å². The van der Waals surface area contributed by atoms with Gasteiger partial charge < -0.3 is 0 Å². The normalized spacial score (nSPS) is 15.1. The third-order valence-corrected chi connectivity index (χ3v) is 4.28. The topological polar surface area (TPSA) is 0 Å². The lowest BCUT2D eigenvalue weighted by atomic mass is 10.0. The smallest absolute Gasteiger partial charge is 0.0146 e. The summed E-state index contributed by atoms with van der Waals surface area (Å²) in [6.07, 6.45) is 3.61. The van der Waals surface area contributed by atoms with Crippen molar-refractivity contribution < 1.29 is 0 Å². The molecule has 2 rings (SSSR count). The number of thiophene rings is 1. The summed E-state index contributed by atoms with van der Waals surface area (Å²) in [6.45, 7) is 9.15. The van der Waals surface area contributed by atoms with Crippen LogP contribution in [-0.4, -0.2) is 0 Å². The fourth-order valence-corrected chi connectivity index (χ4v) is 3.06. The van der Waals surface area contributed by atoms with E-state index in [1.807, 2.05) is 11.3 Å². The van der Waals surface area contributed by atoms with Crippen LogP contribution < -0.4 is 0 Å². The Morgan fingerprint density at radius 3 is 2.43 bits per heavy atom. The molecular formula is C13H18S. The van der Waals surface area contributed by atoms with E-state index in [2.05, 4.69) is 39.2 Å². The van der Waals surface area contributed by atoms with E-state index in [1.165, 1.54) is 12.0 Å². The average Bonchev–Trinajstić information content (AvgIpc) is 2.58. The molecule has 0 spiro atoms. The Morgan fingerprint density at radius 1 is 1.14 bits per heavy atom. The molecule has 0 N–H and O–H groups in total. The highest BCUT2D eigenvalue weighted by molar-refractivity contribution is 7.10. The van der Waals surface area contributed by atoms with E-state index in [0.29, 0.717) is 11.8 Å². The molecule has 1 aliphatic carbocycles. The van der Waals surface area contributed by atoms with Crippen LogP contribution in [0.5, 0.6) is 0 Å². The third-order valence-electron chi connectivity index (χ3n) is 2.93. The maximum Gasteiger partial charge on any atom is 0.0146 e. The van der Waals surface area contributed by atoms with E-state index in [-0.39, 0.29) is 0 Å². The molecule has 0 atom stereocenters. The second-order valence-electron chi connectivity index (χ2n) is 4.74. The molecule has 1 aromatic rings. The number of allylic oxidation sites excluding steroid dienone is 1. The predicted octanol–water partition coefficient (Wildman–Crippen LogP) is 4.47. The molecule has 76 valence electrons. The van der Waals surface area contributed by atoms with Gasteiger partial charge in [-0.15, -0.1) is 11.3 Å². The van der Waals surface area contributed by atoms with Gasteiger partial charge in [0.25, 0.3) is 0 Å². The Hall–Kier alpha value is -0.560. The first kappa shape index (κ1) is 9.97. The van der Waals surface area contributed by atoms with E-state index in [4.69, 9.17) is 0 Å². The van der Waals surface area contributed by atoms with Crippen molar-refractivity contribution in [1.82, 2.24) is 0 Å². The van der Waals surface area contributed by atoms with Gasteiger partial charge in [0.15, 0.2) is 0 Å². The molecule has 1 aromatic heterocycles. The fraction of sp³-hybridized carbons (Fsp3) is 0.538. The molecule has 0 saturated carbocycles. The van der Waals surface area contributed by atoms with Crippen LogP contribution in [-0.2, 0) is 6.42 Å². The molecule has 0 fully saturated rings. The number of hydrogen-bond donors (Lipinski definition) is 0. The van der Waals surface area contributed by atoms with E-state index < -0.39 is 0 Å². The largest absolute Gasteiger partial charge is 0.148 e. The van der Waals surface area contributed by atoms with Gasteiger partial charge in [-0.05, 0) is 34.8 Å². The lowest BCUT2D eigenvalue weighted by Gasteiger charge is -2.04. The van der Waals surface area contributed by atoms with Crippen molar-refractivity contribution in [3.8, 4) is 0 Å². The molecule has 0 amide bonds. The van der Waals surface area contributed by atoms with Gasteiger partial charge >= 0.3 is 0 Å². The van der Waals surface area contributed by atoms with Crippen molar-refractivity contribution in [2.75, 3.05) is 0 Å². The van der Waals surface area contributed by atoms with Gasteiger partial charge in [0.1, 0.15) is 0 Å². The maximum atomic E-state index is 2.42. The summed E-state index contributed by atoms with van der Waals surface area (Å²) in [5.41, 5.74) is 4.70. The van der Waals surface area contributed by atoms with Crippen molar-refractivity contribution >= 4 is 17.4 Å². The Kier molecular flexibility index (Phi) is 2.52. The van der Waals surface area contributed by atoms with Crippen molar-refractivity contribution in [1.29, 1.82) is 0 Å². The highest BCUT2D eigenvalue weighted by Gasteiger charge is 2.20. The van der Waals surface area contributed by atoms with E-state index in [1.54, 1.807) is 16.0 Å². The molecule has 0 aliphatic heterocycles. The molecule has 0 bridgehead atoms. The van der Waals surface area contributed by atoms with E-state index >= 15 is 0 Å². The van der Waals surface area contributed by atoms with E-state index in [0.717, 1.165) is 0 Å². The first-order chi connectivity index (χ1) is 6.59. The first-order valence-electron chi connectivity index (χ1n) is 5.40. The summed E-state index contributed by atoms with van der Waals surface area (Å²) in [7, 11) is 0. The Balaban J connectivity index is 2.37. The monoisotopic (exact) mass is 206 g/mol. The highest BCUT2D eigenvalue weighted by Crippen LogP contribution is 2.38. The zero-order valence-electron chi connectivity index (χ0n) is 9.42. The third kappa shape index (κ3) is 1.54. The number of rotatable bonds is 2. The van der Waals surface area contributed by atoms with Gasteiger partial charge in [-0.25, -0.2) is 0 Å². The molecule has 0 aromatic carbocycles.